The van der Waals surface area contributed by atoms with Crippen LogP contribution in [0.15, 0.2) is 11.4 Å². The Bertz CT molecular complexity index is 353. The molecule has 4 heteroatoms. The second-order valence-electron chi connectivity index (χ2n) is 4.82. The highest BCUT2D eigenvalue weighted by molar-refractivity contribution is 7.99. The topological polar surface area (TPSA) is 37.8 Å². The van der Waals surface area contributed by atoms with Crippen LogP contribution in [0.1, 0.15) is 46.1 Å². The first-order chi connectivity index (χ1) is 8.69. The quantitative estimate of drug-likeness (QED) is 0.570. The monoisotopic (exact) mass is 267 g/mol. The molecule has 1 aromatic rings. The van der Waals surface area contributed by atoms with Crippen molar-refractivity contribution >= 4 is 17.6 Å². The largest absolute Gasteiger partial charge is 0.370 e. The summed E-state index contributed by atoms with van der Waals surface area (Å²) in [4.78, 5) is 8.80. The Morgan fingerprint density at radius 2 is 2.06 bits per heavy atom. The van der Waals surface area contributed by atoms with Crippen LogP contribution in [0.25, 0.3) is 0 Å². The predicted molar refractivity (Wildman–Crippen MR) is 80.4 cm³/mol. The molecule has 0 aliphatic rings. The Morgan fingerprint density at radius 1 is 1.28 bits per heavy atom. The van der Waals surface area contributed by atoms with Gasteiger partial charge in [0.2, 0.25) is 0 Å². The first kappa shape index (κ1) is 15.3. The molecule has 102 valence electrons. The van der Waals surface area contributed by atoms with Crippen molar-refractivity contribution < 1.29 is 0 Å². The second-order valence-corrected chi connectivity index (χ2v) is 5.90. The number of aromatic nitrogens is 2. The number of nitrogens with one attached hydrogen (secondary N) is 1. The van der Waals surface area contributed by atoms with Crippen molar-refractivity contribution in [2.24, 2.45) is 5.92 Å². The lowest BCUT2D eigenvalue weighted by molar-refractivity contribution is 0.631. The molecule has 1 rings (SSSR count). The van der Waals surface area contributed by atoms with Gasteiger partial charge in [-0.15, -0.1) is 11.8 Å². The minimum Gasteiger partial charge on any atom is -0.370 e. The summed E-state index contributed by atoms with van der Waals surface area (Å²) in [6.07, 6.45) is 5.09. The van der Waals surface area contributed by atoms with Gasteiger partial charge in [-0.2, -0.15) is 0 Å². The molecule has 0 aromatic carbocycles. The van der Waals surface area contributed by atoms with E-state index in [2.05, 4.69) is 43.0 Å². The van der Waals surface area contributed by atoms with Crippen LogP contribution in [0.3, 0.4) is 0 Å². The first-order valence-electron chi connectivity index (χ1n) is 6.89. The predicted octanol–water partition coefficient (Wildman–Crippen LogP) is 4.00. The minimum atomic E-state index is 0.752. The van der Waals surface area contributed by atoms with Crippen LogP contribution in [0.4, 0.5) is 5.82 Å². The molecule has 0 bridgehead atoms. The third-order valence-corrected chi connectivity index (χ3v) is 3.75. The number of hydrogen-bond acceptors (Lipinski definition) is 4. The number of nitrogens with zero attached hydrogens (tertiary/aromatic N) is 2. The zero-order valence-corrected chi connectivity index (χ0v) is 12.8. The summed E-state index contributed by atoms with van der Waals surface area (Å²) in [6, 6.07) is 0. The molecule has 0 aliphatic carbocycles. The average Bonchev–Trinajstić information content (AvgIpc) is 2.33. The molecule has 0 radical (unpaired) electrons. The van der Waals surface area contributed by atoms with Crippen molar-refractivity contribution in [2.75, 3.05) is 17.6 Å². The third kappa shape index (κ3) is 4.84. The second kappa shape index (κ2) is 8.35. The van der Waals surface area contributed by atoms with E-state index in [9.17, 15) is 0 Å². The fourth-order valence-electron chi connectivity index (χ4n) is 1.71. The van der Waals surface area contributed by atoms with Crippen molar-refractivity contribution in [3.63, 3.8) is 0 Å². The molecule has 0 saturated heterocycles. The van der Waals surface area contributed by atoms with E-state index in [1.807, 2.05) is 11.8 Å². The minimum absolute atomic E-state index is 0.752. The van der Waals surface area contributed by atoms with E-state index in [1.165, 1.54) is 12.0 Å². The Kier molecular flexibility index (Phi) is 7.09. The van der Waals surface area contributed by atoms with Crippen LogP contribution >= 0.6 is 11.8 Å². The van der Waals surface area contributed by atoms with Gasteiger partial charge in [-0.1, -0.05) is 27.2 Å². The zero-order valence-electron chi connectivity index (χ0n) is 12.0. The SMILES string of the molecule is CCCc1c(NCC)ncnc1SCCC(C)C. The summed E-state index contributed by atoms with van der Waals surface area (Å²) >= 11 is 1.86. The van der Waals surface area contributed by atoms with Gasteiger partial charge in [0.05, 0.1) is 0 Å². The lowest BCUT2D eigenvalue weighted by Gasteiger charge is -2.13. The van der Waals surface area contributed by atoms with Crippen molar-refractivity contribution in [3.8, 4) is 0 Å². The number of anilines is 1. The number of hydrogen-bond donors (Lipinski definition) is 1. The van der Waals surface area contributed by atoms with Gasteiger partial charge in [-0.3, -0.25) is 0 Å². The molecule has 0 amide bonds. The average molecular weight is 267 g/mol. The molecule has 0 fully saturated rings. The standard InChI is InChI=1S/C14H25N3S/c1-5-7-12-13(15-6-2)16-10-17-14(12)18-9-8-11(3)4/h10-11H,5-9H2,1-4H3,(H,15,16,17). The molecule has 0 atom stereocenters. The summed E-state index contributed by atoms with van der Waals surface area (Å²) in [6.45, 7) is 9.73. The normalized spacial score (nSPS) is 10.9. The van der Waals surface area contributed by atoms with Gasteiger partial charge in [0.1, 0.15) is 17.2 Å². The molecule has 1 N–H and O–H groups in total. The molecular weight excluding hydrogens is 242 g/mol. The fraction of sp³-hybridized carbons (Fsp3) is 0.714. The number of rotatable bonds is 8. The van der Waals surface area contributed by atoms with E-state index < -0.39 is 0 Å². The lowest BCUT2D eigenvalue weighted by Crippen LogP contribution is -2.06. The van der Waals surface area contributed by atoms with Crippen molar-refractivity contribution in [1.82, 2.24) is 9.97 Å². The van der Waals surface area contributed by atoms with Crippen molar-refractivity contribution in [1.29, 1.82) is 0 Å². The maximum atomic E-state index is 4.45. The molecule has 0 unspecified atom stereocenters. The Hall–Kier alpha value is -0.770. The van der Waals surface area contributed by atoms with E-state index in [4.69, 9.17) is 0 Å². The number of thioether (sulfide) groups is 1. The van der Waals surface area contributed by atoms with E-state index >= 15 is 0 Å². The van der Waals surface area contributed by atoms with Gasteiger partial charge in [0.15, 0.2) is 0 Å². The van der Waals surface area contributed by atoms with Gasteiger partial charge in [0, 0.05) is 12.1 Å². The van der Waals surface area contributed by atoms with E-state index in [-0.39, 0.29) is 0 Å². The molecule has 1 aromatic heterocycles. The zero-order chi connectivity index (χ0) is 13.4. The van der Waals surface area contributed by atoms with Crippen LogP contribution in [0.5, 0.6) is 0 Å². The highest BCUT2D eigenvalue weighted by atomic mass is 32.2. The summed E-state index contributed by atoms with van der Waals surface area (Å²) in [5.41, 5.74) is 1.29. The highest BCUT2D eigenvalue weighted by Crippen LogP contribution is 2.27. The summed E-state index contributed by atoms with van der Waals surface area (Å²) in [5, 5.41) is 4.49. The van der Waals surface area contributed by atoms with Crippen LogP contribution < -0.4 is 5.32 Å². The van der Waals surface area contributed by atoms with Gasteiger partial charge in [-0.05, 0) is 31.4 Å². The molecule has 0 saturated carbocycles. The molecule has 0 aliphatic heterocycles. The Morgan fingerprint density at radius 3 is 2.67 bits per heavy atom. The lowest BCUT2D eigenvalue weighted by atomic mass is 10.2. The fourth-order valence-corrected chi connectivity index (χ4v) is 2.98. The summed E-state index contributed by atoms with van der Waals surface area (Å²) in [5.74, 6) is 2.90. The van der Waals surface area contributed by atoms with Gasteiger partial charge in [-0.25, -0.2) is 9.97 Å². The van der Waals surface area contributed by atoms with Crippen LogP contribution in [0, 0.1) is 5.92 Å². The smallest absolute Gasteiger partial charge is 0.133 e. The van der Waals surface area contributed by atoms with Crippen LogP contribution in [-0.4, -0.2) is 22.3 Å². The van der Waals surface area contributed by atoms with Crippen molar-refractivity contribution in [3.05, 3.63) is 11.9 Å². The van der Waals surface area contributed by atoms with Gasteiger partial charge < -0.3 is 5.32 Å². The summed E-state index contributed by atoms with van der Waals surface area (Å²) in [7, 11) is 0. The van der Waals surface area contributed by atoms with Gasteiger partial charge >= 0.3 is 0 Å². The molecule has 18 heavy (non-hydrogen) atoms. The Balaban J connectivity index is 2.77. The highest BCUT2D eigenvalue weighted by Gasteiger charge is 2.10. The van der Waals surface area contributed by atoms with Crippen LogP contribution in [-0.2, 0) is 6.42 Å². The Labute approximate surface area is 115 Å². The van der Waals surface area contributed by atoms with E-state index in [0.717, 1.165) is 41.9 Å². The van der Waals surface area contributed by atoms with Crippen LogP contribution in [0.2, 0.25) is 0 Å². The van der Waals surface area contributed by atoms with Crippen molar-refractivity contribution in [2.45, 2.75) is 52.0 Å². The maximum Gasteiger partial charge on any atom is 0.133 e. The molecular formula is C14H25N3S. The third-order valence-electron chi connectivity index (χ3n) is 2.68. The van der Waals surface area contributed by atoms with E-state index in [1.54, 1.807) is 6.33 Å². The summed E-state index contributed by atoms with van der Waals surface area (Å²) < 4.78 is 0. The first-order valence-corrected chi connectivity index (χ1v) is 7.88. The van der Waals surface area contributed by atoms with Gasteiger partial charge in [0.25, 0.3) is 0 Å². The maximum absolute atomic E-state index is 4.45. The van der Waals surface area contributed by atoms with E-state index in [0.29, 0.717) is 0 Å². The molecule has 0 spiro atoms. The molecule has 1 heterocycles. The molecule has 3 nitrogen and oxygen atoms in total.